The molecule has 0 heterocycles. The van der Waals surface area contributed by atoms with Crippen LogP contribution >= 0.6 is 7.82 Å². The van der Waals surface area contributed by atoms with E-state index in [2.05, 4.69) is 9.05 Å². The van der Waals surface area contributed by atoms with Crippen molar-refractivity contribution in [2.45, 2.75) is 13.8 Å². The molecule has 0 saturated carbocycles. The summed E-state index contributed by atoms with van der Waals surface area (Å²) in [5.74, 6) is 0. The van der Waals surface area contributed by atoms with Gasteiger partial charge in [0.1, 0.15) is 0 Å². The Bertz CT molecular complexity index is 108. The van der Waals surface area contributed by atoms with Crippen LogP contribution in [-0.2, 0) is 30.7 Å². The SMILES string of the molecule is CCOP(=O)([O-])OCC.[Mn+]. The molecule has 0 fully saturated rings. The zero-order valence-corrected chi connectivity index (χ0v) is 7.95. The van der Waals surface area contributed by atoms with E-state index in [1.807, 2.05) is 0 Å². The second kappa shape index (κ2) is 6.35. The fraction of sp³-hybridized carbons (Fsp3) is 1.00. The number of phosphoric ester groups is 1. The van der Waals surface area contributed by atoms with Gasteiger partial charge in [0, 0.05) is 0 Å². The largest absolute Gasteiger partial charge is 1.00 e. The molecule has 0 atom stereocenters. The Kier molecular flexibility index (Phi) is 8.40. The number of phosphoric acid groups is 1. The van der Waals surface area contributed by atoms with Gasteiger partial charge in [-0.25, -0.2) is 0 Å². The molecule has 0 spiro atoms. The Morgan fingerprint density at radius 3 is 1.80 bits per heavy atom. The van der Waals surface area contributed by atoms with Crippen LogP contribution in [0, 0.1) is 0 Å². The average Bonchev–Trinajstić information content (AvgIpc) is 1.64. The van der Waals surface area contributed by atoms with Gasteiger partial charge in [0.15, 0.2) is 0 Å². The minimum Gasteiger partial charge on any atom is -0.756 e. The van der Waals surface area contributed by atoms with E-state index in [1.165, 1.54) is 0 Å². The maximum Gasteiger partial charge on any atom is 1.00 e. The Morgan fingerprint density at radius 2 is 1.60 bits per heavy atom. The molecule has 0 aliphatic rings. The van der Waals surface area contributed by atoms with Crippen molar-refractivity contribution in [2.24, 2.45) is 0 Å². The first-order chi connectivity index (χ1) is 4.12. The molecule has 0 aromatic rings. The molecule has 0 N–H and O–H groups in total. The first-order valence-corrected chi connectivity index (χ1v) is 4.18. The van der Waals surface area contributed by atoms with E-state index in [0.29, 0.717) is 0 Å². The van der Waals surface area contributed by atoms with Gasteiger partial charge in [0.2, 0.25) is 0 Å². The standard InChI is InChI=1S/C4H11O4P.Mn/c1-3-7-9(5,6)8-4-2;/h3-4H2,1-2H3,(H,5,6);/q;+1/p-1. The first kappa shape index (κ1) is 13.2. The smallest absolute Gasteiger partial charge is 0.756 e. The summed E-state index contributed by atoms with van der Waals surface area (Å²) >= 11 is 0. The Morgan fingerprint density at radius 1 is 1.30 bits per heavy atom. The molecule has 0 unspecified atom stereocenters. The van der Waals surface area contributed by atoms with Crippen LogP contribution in [0.25, 0.3) is 0 Å². The molecule has 62 valence electrons. The maximum atomic E-state index is 10.4. The van der Waals surface area contributed by atoms with Crippen LogP contribution in [0.4, 0.5) is 0 Å². The third-order valence-corrected chi connectivity index (χ3v) is 1.72. The molecule has 0 aliphatic carbocycles. The maximum absolute atomic E-state index is 10.4. The van der Waals surface area contributed by atoms with Crippen molar-refractivity contribution in [2.75, 3.05) is 13.2 Å². The Balaban J connectivity index is 0. The second-order valence-corrected chi connectivity index (χ2v) is 2.69. The molecule has 4 nitrogen and oxygen atoms in total. The van der Waals surface area contributed by atoms with Gasteiger partial charge >= 0.3 is 17.1 Å². The van der Waals surface area contributed by atoms with E-state index in [9.17, 15) is 9.46 Å². The minimum absolute atomic E-state index is 0. The molecule has 0 rings (SSSR count). The summed E-state index contributed by atoms with van der Waals surface area (Å²) in [6.45, 7) is 3.43. The number of hydrogen-bond donors (Lipinski definition) is 0. The van der Waals surface area contributed by atoms with E-state index >= 15 is 0 Å². The van der Waals surface area contributed by atoms with Crippen molar-refractivity contribution < 1.29 is 35.6 Å². The zero-order valence-electron chi connectivity index (χ0n) is 5.87. The zero-order chi connectivity index (χ0) is 7.33. The molecule has 6 heteroatoms. The summed E-state index contributed by atoms with van der Waals surface area (Å²) in [7, 11) is -3.94. The van der Waals surface area contributed by atoms with Crippen LogP contribution in [0.2, 0.25) is 0 Å². The van der Waals surface area contributed by atoms with Crippen molar-refractivity contribution in [1.29, 1.82) is 0 Å². The predicted octanol–water partition coefficient (Wildman–Crippen LogP) is 0.525. The Hall–Kier alpha value is 0.629. The fourth-order valence-corrected chi connectivity index (χ4v) is 1.06. The normalized spacial score (nSPS) is 10.7. The summed E-state index contributed by atoms with van der Waals surface area (Å²) in [5, 5.41) is 0. The number of hydrogen-bond acceptors (Lipinski definition) is 4. The molecular formula is C4H10MnO4P. The molecule has 0 saturated heterocycles. The van der Waals surface area contributed by atoms with Crippen molar-refractivity contribution in [1.82, 2.24) is 0 Å². The molecule has 0 aromatic heterocycles. The van der Waals surface area contributed by atoms with Gasteiger partial charge in [0.25, 0.3) is 7.82 Å². The van der Waals surface area contributed by atoms with E-state index in [-0.39, 0.29) is 30.3 Å². The molecule has 0 aromatic carbocycles. The second-order valence-electron chi connectivity index (χ2n) is 1.28. The van der Waals surface area contributed by atoms with Gasteiger partial charge in [0.05, 0.1) is 13.2 Å². The van der Waals surface area contributed by atoms with Crippen LogP contribution in [0.15, 0.2) is 0 Å². The minimum atomic E-state index is -3.94. The summed E-state index contributed by atoms with van der Waals surface area (Å²) in [6, 6.07) is 0. The van der Waals surface area contributed by atoms with E-state index in [4.69, 9.17) is 0 Å². The van der Waals surface area contributed by atoms with Crippen LogP contribution in [0.5, 0.6) is 0 Å². The third-order valence-electron chi connectivity index (χ3n) is 0.574. The molecule has 0 amide bonds. The summed E-state index contributed by atoms with van der Waals surface area (Å²) < 4.78 is 18.9. The van der Waals surface area contributed by atoms with Crippen LogP contribution in [0.1, 0.15) is 13.8 Å². The molecular weight excluding hydrogens is 198 g/mol. The monoisotopic (exact) mass is 208 g/mol. The van der Waals surface area contributed by atoms with Gasteiger partial charge in [-0.3, -0.25) is 4.57 Å². The van der Waals surface area contributed by atoms with Gasteiger partial charge in [-0.1, -0.05) is 0 Å². The van der Waals surface area contributed by atoms with Gasteiger partial charge in [-0.15, -0.1) is 0 Å². The summed E-state index contributed by atoms with van der Waals surface area (Å²) in [4.78, 5) is 10.4. The van der Waals surface area contributed by atoms with E-state index in [1.54, 1.807) is 13.8 Å². The van der Waals surface area contributed by atoms with Gasteiger partial charge in [-0.2, -0.15) is 0 Å². The average molecular weight is 208 g/mol. The van der Waals surface area contributed by atoms with Crippen molar-refractivity contribution in [3.63, 3.8) is 0 Å². The predicted molar refractivity (Wildman–Crippen MR) is 30.9 cm³/mol. The first-order valence-electron chi connectivity index (χ1n) is 2.72. The van der Waals surface area contributed by atoms with Crippen molar-refractivity contribution in [3.8, 4) is 0 Å². The van der Waals surface area contributed by atoms with Crippen LogP contribution in [0.3, 0.4) is 0 Å². The van der Waals surface area contributed by atoms with Crippen LogP contribution < -0.4 is 4.89 Å². The molecule has 0 aliphatic heterocycles. The Labute approximate surface area is 71.0 Å². The van der Waals surface area contributed by atoms with E-state index in [0.717, 1.165) is 0 Å². The third kappa shape index (κ3) is 6.75. The fourth-order valence-electron chi connectivity index (χ4n) is 0.353. The summed E-state index contributed by atoms with van der Waals surface area (Å²) in [5.41, 5.74) is 0. The van der Waals surface area contributed by atoms with Crippen molar-refractivity contribution >= 4 is 7.82 Å². The molecule has 0 radical (unpaired) electrons. The van der Waals surface area contributed by atoms with Gasteiger partial charge in [-0.05, 0) is 13.8 Å². The molecule has 0 bridgehead atoms. The molecule has 10 heavy (non-hydrogen) atoms. The van der Waals surface area contributed by atoms with Crippen LogP contribution in [-0.4, -0.2) is 13.2 Å². The van der Waals surface area contributed by atoms with Gasteiger partial charge < -0.3 is 13.9 Å². The quantitative estimate of drug-likeness (QED) is 0.499. The summed E-state index contributed by atoms with van der Waals surface area (Å²) in [6.07, 6.45) is 0. The van der Waals surface area contributed by atoms with Crippen molar-refractivity contribution in [3.05, 3.63) is 0 Å². The number of rotatable bonds is 4. The van der Waals surface area contributed by atoms with E-state index < -0.39 is 7.82 Å². The topological polar surface area (TPSA) is 58.6 Å².